The highest BCUT2D eigenvalue weighted by atomic mass is 15.1. The first kappa shape index (κ1) is 48.1. The Morgan fingerprint density at radius 1 is 0.237 bits per heavy atom. The number of para-hydroxylation sites is 2. The number of benzene rings is 12. The molecule has 80 heavy (non-hydrogen) atoms. The number of anilines is 6. The number of rotatable bonds is 13. The largest absolute Gasteiger partial charge is 0.310 e. The topological polar surface area (TPSA) is 6.48 Å². The molecule has 0 radical (unpaired) electrons. The lowest BCUT2D eigenvalue weighted by molar-refractivity contribution is 0.768. The zero-order valence-electron chi connectivity index (χ0n) is 44.3. The minimum atomic E-state index is -0.562. The van der Waals surface area contributed by atoms with E-state index in [9.17, 15) is 0 Å². The van der Waals surface area contributed by atoms with E-state index in [1.807, 2.05) is 12.2 Å². The van der Waals surface area contributed by atoms with Gasteiger partial charge in [0.15, 0.2) is 0 Å². The van der Waals surface area contributed by atoms with Gasteiger partial charge in [0.1, 0.15) is 0 Å². The first-order valence-corrected chi connectivity index (χ1v) is 27.5. The Kier molecular flexibility index (Phi) is 12.0. The fraction of sp³-hybridized carbons (Fsp3) is 0.0256. The van der Waals surface area contributed by atoms with Crippen LogP contribution in [0.2, 0.25) is 0 Å². The lowest BCUT2D eigenvalue weighted by Gasteiger charge is -2.35. The summed E-state index contributed by atoms with van der Waals surface area (Å²) in [5, 5.41) is 0. The standard InChI is InChI=1S/C78H56N2/c1-3-55-35-47-69-71-49-45-67(53-75(71)77(73(69)51-55,59-23-11-5-12-24-59)60-25-13-6-14-26-60)79(63-31-19-9-20-32-63)65-41-37-57(38-42-65)58-39-43-66(44-40-58)80(64-33-21-10-22-34-64)68-46-50-72-70-48-36-56(4-2)52-74(70)78(76(72)54-68,61-27-15-7-16-28-61)62-29-17-8-18-30-62/h3-54H,1-2H2. The van der Waals surface area contributed by atoms with Gasteiger partial charge >= 0.3 is 0 Å². The van der Waals surface area contributed by atoms with Gasteiger partial charge in [-0.2, -0.15) is 0 Å². The monoisotopic (exact) mass is 1020 g/mol. The molecule has 0 amide bonds. The molecule has 0 saturated carbocycles. The number of hydrogen-bond donors (Lipinski definition) is 0. The van der Waals surface area contributed by atoms with Gasteiger partial charge in [-0.15, -0.1) is 0 Å². The van der Waals surface area contributed by atoms with Crippen LogP contribution in [0, 0.1) is 0 Å². The van der Waals surface area contributed by atoms with E-state index in [1.54, 1.807) is 0 Å². The summed E-state index contributed by atoms with van der Waals surface area (Å²) in [4.78, 5) is 4.78. The molecule has 12 aromatic carbocycles. The normalized spacial score (nSPS) is 13.1. The Labute approximate surface area is 469 Å². The van der Waals surface area contributed by atoms with Gasteiger partial charge in [-0.3, -0.25) is 0 Å². The van der Waals surface area contributed by atoms with Gasteiger partial charge in [0.05, 0.1) is 10.8 Å². The van der Waals surface area contributed by atoms with Crippen LogP contribution in [0.3, 0.4) is 0 Å². The van der Waals surface area contributed by atoms with E-state index in [1.165, 1.54) is 66.8 Å². The van der Waals surface area contributed by atoms with Crippen molar-refractivity contribution in [2.24, 2.45) is 0 Å². The van der Waals surface area contributed by atoms with Crippen molar-refractivity contribution in [3.8, 4) is 33.4 Å². The van der Waals surface area contributed by atoms with Gasteiger partial charge in [-0.1, -0.05) is 244 Å². The summed E-state index contributed by atoms with van der Waals surface area (Å²) < 4.78 is 0. The number of fused-ring (bicyclic) bond motifs is 6. The fourth-order valence-corrected chi connectivity index (χ4v) is 13.2. The zero-order valence-corrected chi connectivity index (χ0v) is 44.3. The molecule has 0 aliphatic heterocycles. The van der Waals surface area contributed by atoms with E-state index in [2.05, 4.69) is 326 Å². The molecule has 0 spiro atoms. The average Bonchev–Trinajstić information content (AvgIpc) is 4.04. The molecule has 14 rings (SSSR count). The molecule has 0 unspecified atom stereocenters. The molecule has 378 valence electrons. The molecule has 2 aliphatic rings. The van der Waals surface area contributed by atoms with E-state index < -0.39 is 10.8 Å². The second kappa shape index (κ2) is 19.9. The zero-order chi connectivity index (χ0) is 53.6. The predicted octanol–water partition coefficient (Wildman–Crippen LogP) is 20.3. The molecule has 2 nitrogen and oxygen atoms in total. The molecule has 0 saturated heterocycles. The van der Waals surface area contributed by atoms with Crippen molar-refractivity contribution in [1.29, 1.82) is 0 Å². The Bertz CT molecular complexity index is 3870. The molecular formula is C78H56N2. The van der Waals surface area contributed by atoms with Gasteiger partial charge in [-0.05, 0) is 174 Å². The first-order valence-electron chi connectivity index (χ1n) is 27.5. The van der Waals surface area contributed by atoms with Crippen molar-refractivity contribution in [2.45, 2.75) is 10.8 Å². The van der Waals surface area contributed by atoms with E-state index >= 15 is 0 Å². The van der Waals surface area contributed by atoms with Crippen LogP contribution in [0.1, 0.15) is 55.6 Å². The fourth-order valence-electron chi connectivity index (χ4n) is 13.2. The van der Waals surface area contributed by atoms with Crippen molar-refractivity contribution < 1.29 is 0 Å². The van der Waals surface area contributed by atoms with Crippen LogP contribution in [0.4, 0.5) is 34.1 Å². The van der Waals surface area contributed by atoms with Crippen LogP contribution in [-0.4, -0.2) is 0 Å². The van der Waals surface area contributed by atoms with Gasteiger partial charge in [-0.25, -0.2) is 0 Å². The molecule has 0 atom stereocenters. The summed E-state index contributed by atoms with van der Waals surface area (Å²) in [7, 11) is 0. The van der Waals surface area contributed by atoms with Crippen LogP contribution in [-0.2, 0) is 10.8 Å². The van der Waals surface area contributed by atoms with Gasteiger partial charge in [0.25, 0.3) is 0 Å². The third kappa shape index (κ3) is 7.71. The third-order valence-corrected chi connectivity index (χ3v) is 16.7. The third-order valence-electron chi connectivity index (χ3n) is 16.7. The Morgan fingerprint density at radius 2 is 0.487 bits per heavy atom. The lowest BCUT2D eigenvalue weighted by atomic mass is 9.67. The predicted molar refractivity (Wildman–Crippen MR) is 336 cm³/mol. The van der Waals surface area contributed by atoms with Crippen LogP contribution >= 0.6 is 0 Å². The van der Waals surface area contributed by atoms with Gasteiger partial charge < -0.3 is 9.80 Å². The van der Waals surface area contributed by atoms with Crippen molar-refractivity contribution in [1.82, 2.24) is 0 Å². The molecule has 12 aromatic rings. The quantitative estimate of drug-likeness (QED) is 0.114. The summed E-state index contributed by atoms with van der Waals surface area (Å²) in [6.07, 6.45) is 3.92. The molecular weight excluding hydrogens is 965 g/mol. The molecule has 2 aliphatic carbocycles. The summed E-state index contributed by atoms with van der Waals surface area (Å²) in [5.41, 5.74) is 24.8. The Hall–Kier alpha value is -10.3. The van der Waals surface area contributed by atoms with Crippen LogP contribution in [0.25, 0.3) is 45.5 Å². The lowest BCUT2D eigenvalue weighted by Crippen LogP contribution is -2.28. The molecule has 2 heteroatoms. The first-order chi connectivity index (χ1) is 39.6. The van der Waals surface area contributed by atoms with Crippen LogP contribution < -0.4 is 9.80 Å². The maximum absolute atomic E-state index is 4.19. The molecule has 0 bridgehead atoms. The highest BCUT2D eigenvalue weighted by molar-refractivity contribution is 5.92. The number of hydrogen-bond acceptors (Lipinski definition) is 2. The maximum atomic E-state index is 4.19. The molecule has 0 fully saturated rings. The highest BCUT2D eigenvalue weighted by Crippen LogP contribution is 2.59. The second-order valence-electron chi connectivity index (χ2n) is 20.9. The summed E-state index contributed by atoms with van der Waals surface area (Å²) in [6.45, 7) is 8.38. The van der Waals surface area contributed by atoms with Crippen molar-refractivity contribution in [3.05, 3.63) is 372 Å². The van der Waals surface area contributed by atoms with E-state index in [-0.39, 0.29) is 0 Å². The minimum absolute atomic E-state index is 0.562. The second-order valence-corrected chi connectivity index (χ2v) is 20.9. The van der Waals surface area contributed by atoms with Crippen molar-refractivity contribution in [3.63, 3.8) is 0 Å². The Balaban J connectivity index is 0.852. The SMILES string of the molecule is C=Cc1ccc2c(c1)C(c1ccccc1)(c1ccccc1)c1cc(N(c3ccccc3)c3ccc(-c4ccc(N(c5ccccc5)c5ccc6c(c5)C(c5ccccc5)(c5ccccc5)c5cc(C=C)ccc5-6)cc4)cc3)ccc1-2. The molecule has 0 heterocycles. The van der Waals surface area contributed by atoms with E-state index in [4.69, 9.17) is 0 Å². The van der Waals surface area contributed by atoms with Gasteiger partial charge in [0.2, 0.25) is 0 Å². The smallest absolute Gasteiger partial charge is 0.0714 e. The van der Waals surface area contributed by atoms with Crippen molar-refractivity contribution in [2.75, 3.05) is 9.80 Å². The molecule has 0 aromatic heterocycles. The maximum Gasteiger partial charge on any atom is 0.0714 e. The van der Waals surface area contributed by atoms with E-state index in [0.717, 1.165) is 56.4 Å². The average molecular weight is 1020 g/mol. The van der Waals surface area contributed by atoms with Crippen LogP contribution in [0.5, 0.6) is 0 Å². The summed E-state index contributed by atoms with van der Waals surface area (Å²) in [5.74, 6) is 0. The number of nitrogens with zero attached hydrogens (tertiary/aromatic N) is 2. The van der Waals surface area contributed by atoms with Crippen molar-refractivity contribution >= 4 is 46.3 Å². The van der Waals surface area contributed by atoms with Gasteiger partial charge in [0, 0.05) is 34.1 Å². The summed E-state index contributed by atoms with van der Waals surface area (Å²) in [6, 6.07) is 111. The van der Waals surface area contributed by atoms with Crippen LogP contribution in [0.15, 0.2) is 316 Å². The van der Waals surface area contributed by atoms with E-state index in [0.29, 0.717) is 0 Å². The Morgan fingerprint density at radius 3 is 0.787 bits per heavy atom. The summed E-state index contributed by atoms with van der Waals surface area (Å²) >= 11 is 0. The minimum Gasteiger partial charge on any atom is -0.310 e. The highest BCUT2D eigenvalue weighted by Gasteiger charge is 2.48. The molecule has 0 N–H and O–H groups in total.